The molecule has 2 aromatic heterocycles. The summed E-state index contributed by atoms with van der Waals surface area (Å²) in [6, 6.07) is 0. The number of esters is 1. The van der Waals surface area contributed by atoms with Crippen LogP contribution in [-0.2, 0) is 11.8 Å². The Kier molecular flexibility index (Phi) is 1.58. The number of nitrogens with zero attached hydrogens (tertiary/aromatic N) is 3. The molecule has 0 aliphatic rings. The third-order valence-electron chi connectivity index (χ3n) is 1.94. The minimum Gasteiger partial charge on any atom is -0.465 e. The Bertz CT molecular complexity index is 455. The molecule has 0 aliphatic heterocycles. The maximum Gasteiger partial charge on any atom is 0.343 e. The summed E-state index contributed by atoms with van der Waals surface area (Å²) >= 11 is 0. The van der Waals surface area contributed by atoms with Crippen LogP contribution in [0.1, 0.15) is 10.4 Å². The molecule has 0 radical (unpaired) electrons. The highest BCUT2D eigenvalue weighted by molar-refractivity contribution is 5.95. The van der Waals surface area contributed by atoms with Gasteiger partial charge in [-0.2, -0.15) is 5.10 Å². The van der Waals surface area contributed by atoms with Crippen LogP contribution in [0.3, 0.4) is 0 Å². The minimum atomic E-state index is -0.364. The van der Waals surface area contributed by atoms with Crippen LogP contribution >= 0.6 is 0 Å². The van der Waals surface area contributed by atoms with Gasteiger partial charge in [0, 0.05) is 19.4 Å². The number of carbonyl (C=O) groups excluding carboxylic acids is 1. The molecule has 0 bridgehead atoms. The van der Waals surface area contributed by atoms with Crippen LogP contribution < -0.4 is 0 Å². The van der Waals surface area contributed by atoms with Crippen molar-refractivity contribution >= 4 is 11.6 Å². The van der Waals surface area contributed by atoms with Gasteiger partial charge in [0.05, 0.1) is 13.3 Å². The number of carbonyl (C=O) groups is 1. The Morgan fingerprint density at radius 1 is 1.54 bits per heavy atom. The van der Waals surface area contributed by atoms with E-state index in [0.29, 0.717) is 5.56 Å². The molecule has 0 saturated heterocycles. The molecule has 2 rings (SSSR count). The molecule has 0 fully saturated rings. The first-order valence-corrected chi connectivity index (χ1v) is 3.81. The number of ether oxygens (including phenoxy) is 1. The van der Waals surface area contributed by atoms with E-state index < -0.39 is 0 Å². The summed E-state index contributed by atoms with van der Waals surface area (Å²) in [7, 11) is 3.21. The van der Waals surface area contributed by atoms with Gasteiger partial charge in [-0.15, -0.1) is 0 Å². The Labute approximate surface area is 74.5 Å². The van der Waals surface area contributed by atoms with Crippen molar-refractivity contribution in [3.63, 3.8) is 0 Å². The molecule has 2 aromatic rings. The highest BCUT2D eigenvalue weighted by Gasteiger charge is 2.14. The van der Waals surface area contributed by atoms with Crippen molar-refractivity contribution in [2.45, 2.75) is 0 Å². The number of hydrogen-bond donors (Lipinski definition) is 0. The zero-order valence-electron chi connectivity index (χ0n) is 7.39. The van der Waals surface area contributed by atoms with E-state index in [9.17, 15) is 4.79 Å². The zero-order valence-corrected chi connectivity index (χ0v) is 7.39. The second kappa shape index (κ2) is 2.62. The number of rotatable bonds is 1. The third-order valence-corrected chi connectivity index (χ3v) is 1.94. The predicted octanol–water partition coefficient (Wildman–Crippen LogP) is 0.459. The van der Waals surface area contributed by atoms with Gasteiger partial charge in [-0.1, -0.05) is 0 Å². The summed E-state index contributed by atoms with van der Waals surface area (Å²) in [6.07, 6.45) is 5.11. The lowest BCUT2D eigenvalue weighted by Gasteiger charge is -1.96. The lowest BCUT2D eigenvalue weighted by molar-refractivity contribution is 0.0602. The largest absolute Gasteiger partial charge is 0.465 e. The lowest BCUT2D eigenvalue weighted by Crippen LogP contribution is -2.02. The van der Waals surface area contributed by atoms with Crippen molar-refractivity contribution in [2.24, 2.45) is 7.05 Å². The summed E-state index contributed by atoms with van der Waals surface area (Å²) < 4.78 is 8.07. The van der Waals surface area contributed by atoms with Gasteiger partial charge in [0.25, 0.3) is 0 Å². The average Bonchev–Trinajstić information content (AvgIpc) is 2.68. The molecular weight excluding hydrogens is 170 g/mol. The first kappa shape index (κ1) is 7.85. The van der Waals surface area contributed by atoms with Crippen LogP contribution in [0.15, 0.2) is 18.6 Å². The average molecular weight is 179 g/mol. The Morgan fingerprint density at radius 2 is 2.31 bits per heavy atom. The number of aromatic nitrogens is 3. The maximum atomic E-state index is 11.2. The van der Waals surface area contributed by atoms with Crippen molar-refractivity contribution in [1.29, 1.82) is 0 Å². The van der Waals surface area contributed by atoms with Crippen molar-refractivity contribution in [2.75, 3.05) is 7.11 Å². The summed E-state index contributed by atoms with van der Waals surface area (Å²) in [4.78, 5) is 11.2. The fourth-order valence-corrected chi connectivity index (χ4v) is 1.30. The lowest BCUT2D eigenvalue weighted by atomic mass is 10.3. The molecule has 0 N–H and O–H groups in total. The van der Waals surface area contributed by atoms with E-state index in [2.05, 4.69) is 9.84 Å². The molecule has 0 atom stereocenters. The van der Waals surface area contributed by atoms with Gasteiger partial charge in [0.2, 0.25) is 0 Å². The van der Waals surface area contributed by atoms with Gasteiger partial charge in [0.1, 0.15) is 11.2 Å². The molecule has 2 heterocycles. The van der Waals surface area contributed by atoms with Crippen LogP contribution in [-0.4, -0.2) is 27.3 Å². The van der Waals surface area contributed by atoms with Crippen molar-refractivity contribution in [3.8, 4) is 0 Å². The van der Waals surface area contributed by atoms with Gasteiger partial charge in [-0.3, -0.25) is 0 Å². The van der Waals surface area contributed by atoms with Gasteiger partial charge in [-0.05, 0) is 0 Å². The molecular formula is C8H9N3O2. The zero-order chi connectivity index (χ0) is 9.42. The van der Waals surface area contributed by atoms with E-state index in [1.54, 1.807) is 10.7 Å². The van der Waals surface area contributed by atoms with Gasteiger partial charge >= 0.3 is 5.97 Å². The van der Waals surface area contributed by atoms with Gasteiger partial charge in [0.15, 0.2) is 0 Å². The smallest absolute Gasteiger partial charge is 0.343 e. The van der Waals surface area contributed by atoms with E-state index in [4.69, 9.17) is 0 Å². The summed E-state index contributed by atoms with van der Waals surface area (Å²) in [5.41, 5.74) is 1.22. The quantitative estimate of drug-likeness (QED) is 0.597. The number of methoxy groups -OCH3 is 1. The molecule has 13 heavy (non-hydrogen) atoms. The van der Waals surface area contributed by atoms with Crippen LogP contribution in [0.25, 0.3) is 5.65 Å². The molecule has 5 heteroatoms. The fourth-order valence-electron chi connectivity index (χ4n) is 1.30. The van der Waals surface area contributed by atoms with E-state index in [-0.39, 0.29) is 5.97 Å². The highest BCUT2D eigenvalue weighted by Crippen LogP contribution is 2.10. The monoisotopic (exact) mass is 179 g/mol. The third kappa shape index (κ3) is 1.00. The number of imidazole rings is 1. The Hall–Kier alpha value is -1.78. The van der Waals surface area contributed by atoms with Gasteiger partial charge < -0.3 is 9.30 Å². The first-order chi connectivity index (χ1) is 6.24. The topological polar surface area (TPSA) is 48.5 Å². The fraction of sp³-hybridized carbons (Fsp3) is 0.250. The number of aryl methyl sites for hydroxylation is 1. The Morgan fingerprint density at radius 3 is 3.00 bits per heavy atom. The van der Waals surface area contributed by atoms with E-state index in [1.807, 2.05) is 17.8 Å². The molecule has 0 saturated carbocycles. The van der Waals surface area contributed by atoms with Crippen LogP contribution in [0.5, 0.6) is 0 Å². The number of fused-ring (bicyclic) bond motifs is 1. The predicted molar refractivity (Wildman–Crippen MR) is 45.5 cm³/mol. The van der Waals surface area contributed by atoms with E-state index in [0.717, 1.165) is 5.65 Å². The van der Waals surface area contributed by atoms with Crippen LogP contribution in [0.2, 0.25) is 0 Å². The normalized spacial score (nSPS) is 10.6. The SMILES string of the molecule is COC(=O)c1cnn2ccn(C)c12. The Balaban J connectivity index is 2.68. The van der Waals surface area contributed by atoms with Gasteiger partial charge in [-0.25, -0.2) is 9.31 Å². The molecule has 0 amide bonds. The van der Waals surface area contributed by atoms with E-state index in [1.165, 1.54) is 13.3 Å². The van der Waals surface area contributed by atoms with Crippen molar-refractivity contribution in [1.82, 2.24) is 14.2 Å². The standard InChI is InChI=1S/C8H9N3O2/c1-10-3-4-11-7(10)6(5-9-11)8(12)13-2/h3-5H,1-2H3. The highest BCUT2D eigenvalue weighted by atomic mass is 16.5. The maximum absolute atomic E-state index is 11.2. The van der Waals surface area contributed by atoms with Crippen LogP contribution in [0, 0.1) is 0 Å². The van der Waals surface area contributed by atoms with Crippen LogP contribution in [0.4, 0.5) is 0 Å². The van der Waals surface area contributed by atoms with Crippen molar-refractivity contribution < 1.29 is 9.53 Å². The minimum absolute atomic E-state index is 0.364. The second-order valence-corrected chi connectivity index (χ2v) is 2.73. The summed E-state index contributed by atoms with van der Waals surface area (Å²) in [5.74, 6) is -0.364. The number of hydrogen-bond acceptors (Lipinski definition) is 3. The second-order valence-electron chi connectivity index (χ2n) is 2.73. The molecule has 5 nitrogen and oxygen atoms in total. The summed E-state index contributed by atoms with van der Waals surface area (Å²) in [5, 5.41) is 4.00. The summed E-state index contributed by atoms with van der Waals surface area (Å²) in [6.45, 7) is 0. The van der Waals surface area contributed by atoms with Crippen molar-refractivity contribution in [3.05, 3.63) is 24.2 Å². The molecule has 0 spiro atoms. The van der Waals surface area contributed by atoms with E-state index >= 15 is 0 Å². The molecule has 0 aromatic carbocycles. The molecule has 0 unspecified atom stereocenters. The molecule has 0 aliphatic carbocycles. The first-order valence-electron chi connectivity index (χ1n) is 3.81. The molecule has 68 valence electrons.